The van der Waals surface area contributed by atoms with Crippen LogP contribution in [0.5, 0.6) is 0 Å². The first kappa shape index (κ1) is 20.8. The van der Waals surface area contributed by atoms with E-state index in [9.17, 15) is 13.2 Å². The number of carbonyl (C=O) groups excluding carboxylic acids is 1. The van der Waals surface area contributed by atoms with Gasteiger partial charge in [0.1, 0.15) is 0 Å². The lowest BCUT2D eigenvalue weighted by molar-refractivity contribution is 0.102. The van der Waals surface area contributed by atoms with Gasteiger partial charge in [0.2, 0.25) is 10.0 Å². The minimum atomic E-state index is -3.68. The summed E-state index contributed by atoms with van der Waals surface area (Å²) in [6, 6.07) is 9.95. The summed E-state index contributed by atoms with van der Waals surface area (Å²) < 4.78 is 27.4. The molecule has 1 N–H and O–H groups in total. The lowest BCUT2D eigenvalue weighted by Gasteiger charge is -2.31. The van der Waals surface area contributed by atoms with E-state index in [4.69, 9.17) is 11.6 Å². The van der Waals surface area contributed by atoms with Gasteiger partial charge >= 0.3 is 0 Å². The fraction of sp³-hybridized carbons (Fsp3) is 0.350. The van der Waals surface area contributed by atoms with Gasteiger partial charge in [-0.3, -0.25) is 4.79 Å². The minimum absolute atomic E-state index is 0.0761. The molecular formula is C20H24ClN3O3S. The summed E-state index contributed by atoms with van der Waals surface area (Å²) in [6.45, 7) is 6.07. The molecule has 0 bridgehead atoms. The second-order valence-corrected chi connectivity index (χ2v) is 9.47. The van der Waals surface area contributed by atoms with Crippen molar-refractivity contribution >= 4 is 33.2 Å². The van der Waals surface area contributed by atoms with Crippen molar-refractivity contribution in [2.75, 3.05) is 38.5 Å². The fourth-order valence-corrected chi connectivity index (χ4v) is 4.81. The van der Waals surface area contributed by atoms with E-state index in [-0.39, 0.29) is 15.5 Å². The van der Waals surface area contributed by atoms with Gasteiger partial charge in [0, 0.05) is 31.9 Å². The predicted octanol–water partition coefficient (Wildman–Crippen LogP) is 3.15. The number of hydrogen-bond acceptors (Lipinski definition) is 4. The van der Waals surface area contributed by atoms with Gasteiger partial charge in [-0.15, -0.1) is 0 Å². The van der Waals surface area contributed by atoms with Crippen LogP contribution in [-0.2, 0) is 10.0 Å². The van der Waals surface area contributed by atoms with Crippen molar-refractivity contribution in [3.05, 3.63) is 58.1 Å². The van der Waals surface area contributed by atoms with Crippen LogP contribution in [0.25, 0.3) is 0 Å². The van der Waals surface area contributed by atoms with Crippen LogP contribution in [0.1, 0.15) is 21.5 Å². The van der Waals surface area contributed by atoms with Crippen molar-refractivity contribution in [1.29, 1.82) is 0 Å². The number of anilines is 1. The maximum Gasteiger partial charge on any atom is 0.257 e. The molecule has 0 radical (unpaired) electrons. The summed E-state index contributed by atoms with van der Waals surface area (Å²) in [5.74, 6) is -0.438. The van der Waals surface area contributed by atoms with E-state index in [0.29, 0.717) is 31.9 Å². The molecule has 0 spiro atoms. The van der Waals surface area contributed by atoms with Gasteiger partial charge in [0.25, 0.3) is 5.91 Å². The first-order valence-corrected chi connectivity index (χ1v) is 10.9. The number of rotatable bonds is 4. The van der Waals surface area contributed by atoms with Crippen LogP contribution >= 0.6 is 11.6 Å². The number of likely N-dealkylation sites (N-methyl/N-ethyl adjacent to an activating group) is 1. The van der Waals surface area contributed by atoms with Crippen molar-refractivity contribution in [3.8, 4) is 0 Å². The summed E-state index contributed by atoms with van der Waals surface area (Å²) in [5.41, 5.74) is 2.82. The molecule has 0 atom stereocenters. The lowest BCUT2D eigenvalue weighted by Crippen LogP contribution is -2.47. The summed E-state index contributed by atoms with van der Waals surface area (Å²) in [6.07, 6.45) is 0. The van der Waals surface area contributed by atoms with Gasteiger partial charge < -0.3 is 10.2 Å². The highest BCUT2D eigenvalue weighted by Crippen LogP contribution is 2.25. The Kier molecular flexibility index (Phi) is 6.09. The summed E-state index contributed by atoms with van der Waals surface area (Å²) in [7, 11) is -1.72. The molecule has 3 rings (SSSR count). The van der Waals surface area contributed by atoms with E-state index in [2.05, 4.69) is 10.2 Å². The Balaban J connectivity index is 1.87. The molecule has 1 aliphatic rings. The summed E-state index contributed by atoms with van der Waals surface area (Å²) >= 11 is 6.20. The Bertz CT molecular complexity index is 1000. The molecule has 1 saturated heterocycles. The maximum absolute atomic E-state index is 13.0. The molecule has 0 aromatic heterocycles. The van der Waals surface area contributed by atoms with Crippen LogP contribution in [-0.4, -0.2) is 56.8 Å². The number of carbonyl (C=O) groups is 1. The molecule has 0 unspecified atom stereocenters. The van der Waals surface area contributed by atoms with Crippen molar-refractivity contribution < 1.29 is 13.2 Å². The average Bonchev–Trinajstić information content (AvgIpc) is 2.64. The van der Waals surface area contributed by atoms with Crippen molar-refractivity contribution in [3.63, 3.8) is 0 Å². The molecule has 6 nitrogen and oxygen atoms in total. The van der Waals surface area contributed by atoms with E-state index in [0.717, 1.165) is 11.1 Å². The molecule has 150 valence electrons. The van der Waals surface area contributed by atoms with E-state index < -0.39 is 15.9 Å². The molecule has 0 saturated carbocycles. The van der Waals surface area contributed by atoms with Gasteiger partial charge in [0.05, 0.1) is 15.5 Å². The van der Waals surface area contributed by atoms with Crippen molar-refractivity contribution in [2.45, 2.75) is 18.7 Å². The topological polar surface area (TPSA) is 69.7 Å². The Labute approximate surface area is 171 Å². The van der Waals surface area contributed by atoms with E-state index in [1.807, 2.05) is 39.1 Å². The SMILES string of the molecule is Cc1ccc(NC(=O)c2cc(S(=O)(=O)N3CCN(C)CC3)ccc2Cl)c(C)c1. The normalized spacial score (nSPS) is 16.1. The number of nitrogens with zero attached hydrogens (tertiary/aromatic N) is 2. The number of aryl methyl sites for hydroxylation is 2. The quantitative estimate of drug-likeness (QED) is 0.823. The monoisotopic (exact) mass is 421 g/mol. The molecule has 1 fully saturated rings. The molecule has 1 heterocycles. The second kappa shape index (κ2) is 8.21. The van der Waals surface area contributed by atoms with Gasteiger partial charge in [-0.2, -0.15) is 4.31 Å². The summed E-state index contributed by atoms with van der Waals surface area (Å²) in [5, 5.41) is 3.03. The fourth-order valence-electron chi connectivity index (χ4n) is 3.16. The summed E-state index contributed by atoms with van der Waals surface area (Å²) in [4.78, 5) is 14.9. The molecule has 2 aromatic carbocycles. The molecular weight excluding hydrogens is 398 g/mol. The maximum atomic E-state index is 13.0. The lowest BCUT2D eigenvalue weighted by atomic mass is 10.1. The molecule has 8 heteroatoms. The van der Waals surface area contributed by atoms with Gasteiger partial charge in [-0.05, 0) is 50.7 Å². The number of piperazine rings is 1. The highest BCUT2D eigenvalue weighted by molar-refractivity contribution is 7.89. The Morgan fingerprint density at radius 3 is 2.36 bits per heavy atom. The average molecular weight is 422 g/mol. The highest BCUT2D eigenvalue weighted by Gasteiger charge is 2.28. The minimum Gasteiger partial charge on any atom is -0.322 e. The number of amides is 1. The number of hydrogen-bond donors (Lipinski definition) is 1. The number of benzene rings is 2. The molecule has 1 aliphatic heterocycles. The third-order valence-corrected chi connectivity index (χ3v) is 7.14. The van der Waals surface area contributed by atoms with Crippen LogP contribution in [0, 0.1) is 13.8 Å². The highest BCUT2D eigenvalue weighted by atomic mass is 35.5. The zero-order valence-corrected chi connectivity index (χ0v) is 17.8. The third-order valence-electron chi connectivity index (χ3n) is 4.91. The predicted molar refractivity (Wildman–Crippen MR) is 112 cm³/mol. The Hall–Kier alpha value is -1.93. The van der Waals surface area contributed by atoms with Gasteiger partial charge in [0.15, 0.2) is 0 Å². The third kappa shape index (κ3) is 4.38. The van der Waals surface area contributed by atoms with Crippen LogP contribution in [0.3, 0.4) is 0 Å². The smallest absolute Gasteiger partial charge is 0.257 e. The number of nitrogens with one attached hydrogen (secondary N) is 1. The second-order valence-electron chi connectivity index (χ2n) is 7.12. The molecule has 2 aromatic rings. The molecule has 1 amide bonds. The van der Waals surface area contributed by atoms with Gasteiger partial charge in [-0.25, -0.2) is 8.42 Å². The first-order chi connectivity index (χ1) is 13.2. The van der Waals surface area contributed by atoms with E-state index in [1.54, 1.807) is 0 Å². The largest absolute Gasteiger partial charge is 0.322 e. The first-order valence-electron chi connectivity index (χ1n) is 9.05. The van der Waals surface area contributed by atoms with Crippen LogP contribution in [0.2, 0.25) is 5.02 Å². The number of sulfonamides is 1. The number of halogens is 1. The van der Waals surface area contributed by atoms with Crippen LogP contribution in [0.4, 0.5) is 5.69 Å². The molecule has 0 aliphatic carbocycles. The van der Waals surface area contributed by atoms with Crippen LogP contribution < -0.4 is 5.32 Å². The van der Waals surface area contributed by atoms with Crippen molar-refractivity contribution in [2.24, 2.45) is 0 Å². The zero-order valence-electron chi connectivity index (χ0n) is 16.2. The molecule has 28 heavy (non-hydrogen) atoms. The van der Waals surface area contributed by atoms with Crippen LogP contribution in [0.15, 0.2) is 41.3 Å². The Morgan fingerprint density at radius 2 is 1.71 bits per heavy atom. The zero-order chi connectivity index (χ0) is 20.5. The Morgan fingerprint density at radius 1 is 1.04 bits per heavy atom. The van der Waals surface area contributed by atoms with E-state index in [1.165, 1.54) is 22.5 Å². The van der Waals surface area contributed by atoms with Crippen molar-refractivity contribution in [1.82, 2.24) is 9.21 Å². The van der Waals surface area contributed by atoms with E-state index >= 15 is 0 Å². The van der Waals surface area contributed by atoms with Gasteiger partial charge in [-0.1, -0.05) is 29.3 Å². The standard InChI is InChI=1S/C20H24ClN3O3S/c1-14-4-7-19(15(2)12-14)22-20(25)17-13-16(5-6-18(17)21)28(26,27)24-10-8-23(3)9-11-24/h4-7,12-13H,8-11H2,1-3H3,(H,22,25).